The number of aromatic nitrogens is 2. The summed E-state index contributed by atoms with van der Waals surface area (Å²) < 4.78 is 0. The molecule has 1 rings (SSSR count). The van der Waals surface area contributed by atoms with Crippen molar-refractivity contribution in [1.29, 1.82) is 0 Å². The van der Waals surface area contributed by atoms with Crippen molar-refractivity contribution in [2.45, 2.75) is 53.4 Å². The highest BCUT2D eigenvalue weighted by atomic mass is 15.1. The molecule has 0 aliphatic heterocycles. The van der Waals surface area contributed by atoms with Crippen molar-refractivity contribution in [3.8, 4) is 0 Å². The topological polar surface area (TPSA) is 28.7 Å². The summed E-state index contributed by atoms with van der Waals surface area (Å²) >= 11 is 0. The Morgan fingerprint density at radius 2 is 1.87 bits per heavy atom. The summed E-state index contributed by atoms with van der Waals surface area (Å²) in [6.07, 6.45) is 3.00. The van der Waals surface area contributed by atoms with Crippen LogP contribution in [0.3, 0.4) is 0 Å². The van der Waals surface area contributed by atoms with Crippen LogP contribution in [-0.4, -0.2) is 10.2 Å². The first-order valence-electron chi connectivity index (χ1n) is 5.75. The molecule has 0 aliphatic carbocycles. The molecule has 2 heteroatoms. The van der Waals surface area contributed by atoms with Gasteiger partial charge in [0, 0.05) is 17.3 Å². The first-order chi connectivity index (χ1) is 6.76. The zero-order chi connectivity index (χ0) is 11.7. The molecule has 0 saturated carbocycles. The standard InChI is InChI=1S/C13H24N2/c1-10(2)12(3,4)9-13(5,6)11-7-8-14-15-11/h7-8,10H,9H2,1-6H3,(H,14,15). The summed E-state index contributed by atoms with van der Waals surface area (Å²) in [7, 11) is 0. The Bertz CT molecular complexity index is 294. The van der Waals surface area contributed by atoms with Crippen molar-refractivity contribution in [1.82, 2.24) is 10.2 Å². The Morgan fingerprint density at radius 3 is 2.27 bits per heavy atom. The van der Waals surface area contributed by atoms with E-state index < -0.39 is 0 Å². The smallest absolute Gasteiger partial charge is 0.0490 e. The highest BCUT2D eigenvalue weighted by Crippen LogP contribution is 2.40. The molecule has 0 bridgehead atoms. The molecular formula is C13H24N2. The lowest BCUT2D eigenvalue weighted by atomic mass is 9.68. The molecule has 0 atom stereocenters. The fraction of sp³-hybridized carbons (Fsp3) is 0.769. The molecule has 1 aromatic heterocycles. The van der Waals surface area contributed by atoms with Crippen LogP contribution in [0.1, 0.15) is 53.7 Å². The minimum absolute atomic E-state index is 0.171. The van der Waals surface area contributed by atoms with Crippen LogP contribution in [0.15, 0.2) is 12.3 Å². The van der Waals surface area contributed by atoms with Crippen molar-refractivity contribution < 1.29 is 0 Å². The molecule has 86 valence electrons. The molecule has 0 spiro atoms. The Labute approximate surface area is 93.5 Å². The van der Waals surface area contributed by atoms with Crippen LogP contribution in [0.25, 0.3) is 0 Å². The van der Waals surface area contributed by atoms with Crippen LogP contribution >= 0.6 is 0 Å². The summed E-state index contributed by atoms with van der Waals surface area (Å²) in [4.78, 5) is 0. The minimum atomic E-state index is 0.171. The van der Waals surface area contributed by atoms with Gasteiger partial charge in [-0.3, -0.25) is 5.10 Å². The fourth-order valence-electron chi connectivity index (χ4n) is 2.07. The molecule has 0 aromatic carbocycles. The molecule has 1 heterocycles. The zero-order valence-electron chi connectivity index (χ0n) is 10.9. The SMILES string of the molecule is CC(C)C(C)(C)CC(C)(C)c1ccn[nH]1. The van der Waals surface area contributed by atoms with Gasteiger partial charge in [0.1, 0.15) is 0 Å². The fourth-order valence-corrected chi connectivity index (χ4v) is 2.07. The molecular weight excluding hydrogens is 184 g/mol. The van der Waals surface area contributed by atoms with Gasteiger partial charge in [-0.1, -0.05) is 41.5 Å². The van der Waals surface area contributed by atoms with E-state index in [4.69, 9.17) is 0 Å². The van der Waals surface area contributed by atoms with E-state index in [0.29, 0.717) is 11.3 Å². The number of hydrogen-bond acceptors (Lipinski definition) is 1. The maximum absolute atomic E-state index is 4.04. The second kappa shape index (κ2) is 3.99. The van der Waals surface area contributed by atoms with E-state index in [0.717, 1.165) is 0 Å². The lowest BCUT2D eigenvalue weighted by Gasteiger charge is -2.37. The van der Waals surface area contributed by atoms with Crippen molar-refractivity contribution in [2.75, 3.05) is 0 Å². The van der Waals surface area contributed by atoms with Crippen LogP contribution in [0.2, 0.25) is 0 Å². The Balaban J connectivity index is 2.81. The highest BCUT2D eigenvalue weighted by Gasteiger charge is 2.32. The van der Waals surface area contributed by atoms with Gasteiger partial charge >= 0.3 is 0 Å². The van der Waals surface area contributed by atoms with Gasteiger partial charge < -0.3 is 0 Å². The van der Waals surface area contributed by atoms with E-state index in [-0.39, 0.29) is 5.41 Å². The second-order valence-corrected chi connectivity index (χ2v) is 6.17. The molecule has 1 N–H and O–H groups in total. The lowest BCUT2D eigenvalue weighted by Crippen LogP contribution is -2.30. The third-order valence-electron chi connectivity index (χ3n) is 3.69. The summed E-state index contributed by atoms with van der Waals surface area (Å²) in [6, 6.07) is 2.08. The predicted octanol–water partition coefficient (Wildman–Crippen LogP) is 3.76. The summed E-state index contributed by atoms with van der Waals surface area (Å²) in [6.45, 7) is 13.8. The molecule has 2 nitrogen and oxygen atoms in total. The third kappa shape index (κ3) is 2.83. The van der Waals surface area contributed by atoms with Gasteiger partial charge in [-0.25, -0.2) is 0 Å². The quantitative estimate of drug-likeness (QED) is 0.802. The van der Waals surface area contributed by atoms with Gasteiger partial charge in [-0.2, -0.15) is 5.10 Å². The Hall–Kier alpha value is -0.790. The normalized spacial score (nSPS) is 13.5. The summed E-state index contributed by atoms with van der Waals surface area (Å²) in [5.41, 5.74) is 1.76. The molecule has 15 heavy (non-hydrogen) atoms. The zero-order valence-corrected chi connectivity index (χ0v) is 10.9. The van der Waals surface area contributed by atoms with Gasteiger partial charge in [0.25, 0.3) is 0 Å². The maximum atomic E-state index is 4.04. The summed E-state index contributed by atoms with van der Waals surface area (Å²) in [5.74, 6) is 0.694. The van der Waals surface area contributed by atoms with E-state index in [2.05, 4.69) is 57.8 Å². The Kier molecular flexibility index (Phi) is 3.27. The number of rotatable bonds is 4. The average Bonchev–Trinajstić information content (AvgIpc) is 2.53. The van der Waals surface area contributed by atoms with Crippen molar-refractivity contribution in [3.63, 3.8) is 0 Å². The van der Waals surface area contributed by atoms with E-state index in [1.165, 1.54) is 12.1 Å². The second-order valence-electron chi connectivity index (χ2n) is 6.17. The number of nitrogens with zero attached hydrogens (tertiary/aromatic N) is 1. The van der Waals surface area contributed by atoms with Crippen LogP contribution < -0.4 is 0 Å². The third-order valence-corrected chi connectivity index (χ3v) is 3.69. The molecule has 0 aliphatic rings. The number of H-pyrrole nitrogens is 1. The van der Waals surface area contributed by atoms with Crippen LogP contribution in [0.5, 0.6) is 0 Å². The van der Waals surface area contributed by atoms with Gasteiger partial charge in [0.2, 0.25) is 0 Å². The highest BCUT2D eigenvalue weighted by molar-refractivity contribution is 5.12. The summed E-state index contributed by atoms with van der Waals surface area (Å²) in [5, 5.41) is 7.13. The van der Waals surface area contributed by atoms with Gasteiger partial charge in [0.05, 0.1) is 0 Å². The molecule has 0 fully saturated rings. The van der Waals surface area contributed by atoms with Crippen molar-refractivity contribution in [2.24, 2.45) is 11.3 Å². The largest absolute Gasteiger partial charge is 0.282 e. The van der Waals surface area contributed by atoms with E-state index in [1.807, 2.05) is 6.20 Å². The van der Waals surface area contributed by atoms with E-state index >= 15 is 0 Å². The molecule has 0 saturated heterocycles. The monoisotopic (exact) mass is 208 g/mol. The first kappa shape index (κ1) is 12.3. The molecule has 0 unspecified atom stereocenters. The van der Waals surface area contributed by atoms with Gasteiger partial charge in [-0.15, -0.1) is 0 Å². The minimum Gasteiger partial charge on any atom is -0.282 e. The number of aromatic amines is 1. The lowest BCUT2D eigenvalue weighted by molar-refractivity contribution is 0.179. The predicted molar refractivity (Wildman–Crippen MR) is 64.8 cm³/mol. The van der Waals surface area contributed by atoms with Crippen LogP contribution in [0.4, 0.5) is 0 Å². The number of nitrogens with one attached hydrogen (secondary N) is 1. The van der Waals surface area contributed by atoms with Gasteiger partial charge in [-0.05, 0) is 23.8 Å². The van der Waals surface area contributed by atoms with Crippen molar-refractivity contribution in [3.05, 3.63) is 18.0 Å². The van der Waals surface area contributed by atoms with Crippen LogP contribution in [-0.2, 0) is 5.41 Å². The first-order valence-corrected chi connectivity index (χ1v) is 5.75. The number of hydrogen-bond donors (Lipinski definition) is 1. The molecule has 1 aromatic rings. The van der Waals surface area contributed by atoms with Crippen molar-refractivity contribution >= 4 is 0 Å². The Morgan fingerprint density at radius 1 is 1.27 bits per heavy atom. The maximum Gasteiger partial charge on any atom is 0.0490 e. The molecule has 0 radical (unpaired) electrons. The van der Waals surface area contributed by atoms with Gasteiger partial charge in [0.15, 0.2) is 0 Å². The van der Waals surface area contributed by atoms with Crippen LogP contribution in [0, 0.1) is 11.3 Å². The average molecular weight is 208 g/mol. The molecule has 0 amide bonds. The van der Waals surface area contributed by atoms with E-state index in [1.54, 1.807) is 0 Å². The van der Waals surface area contributed by atoms with E-state index in [9.17, 15) is 0 Å².